The minimum Gasteiger partial charge on any atom is -0.463 e. The van der Waals surface area contributed by atoms with Crippen LogP contribution in [0.2, 0.25) is 5.02 Å². The Labute approximate surface area is 104 Å². The smallest absolute Gasteiger partial charge is 0.334 e. The fourth-order valence-electron chi connectivity index (χ4n) is 0.901. The molecule has 1 aromatic rings. The summed E-state index contributed by atoms with van der Waals surface area (Å²) in [6.07, 6.45) is 1.57. The van der Waals surface area contributed by atoms with Gasteiger partial charge in [0.2, 0.25) is 0 Å². The van der Waals surface area contributed by atoms with Gasteiger partial charge in [-0.1, -0.05) is 18.2 Å². The first-order valence-electron chi connectivity index (χ1n) is 4.72. The number of carbonyl (C=O) groups is 1. The number of hydrogen-bond donors (Lipinski definition) is 0. The highest BCUT2D eigenvalue weighted by Crippen LogP contribution is 2.19. The highest BCUT2D eigenvalue weighted by molar-refractivity contribution is 7.99. The fraction of sp³-hybridized carbons (Fsp3) is 0.273. The number of hydrogen-bond acceptors (Lipinski definition) is 4. The first-order valence-corrected chi connectivity index (χ1v) is 6.09. The summed E-state index contributed by atoms with van der Waals surface area (Å²) >= 11 is 7.12. The van der Waals surface area contributed by atoms with Crippen molar-refractivity contribution in [2.75, 3.05) is 12.4 Å². The van der Waals surface area contributed by atoms with Crippen LogP contribution in [0, 0.1) is 0 Å². The average molecular weight is 258 g/mol. The number of pyridine rings is 1. The lowest BCUT2D eigenvalue weighted by molar-refractivity contribution is -0.138. The SMILES string of the molecule is C=C(CSc1ccc(Cl)cn1)C(=O)OCC. The maximum absolute atomic E-state index is 11.2. The van der Waals surface area contributed by atoms with Crippen LogP contribution in [0.3, 0.4) is 0 Å². The Bertz CT molecular complexity index is 378. The van der Waals surface area contributed by atoms with Gasteiger partial charge >= 0.3 is 5.97 Å². The summed E-state index contributed by atoms with van der Waals surface area (Å²) in [5, 5.41) is 1.39. The minimum absolute atomic E-state index is 0.357. The van der Waals surface area contributed by atoms with Crippen LogP contribution in [0.15, 0.2) is 35.5 Å². The molecule has 5 heteroatoms. The largest absolute Gasteiger partial charge is 0.463 e. The lowest BCUT2D eigenvalue weighted by Gasteiger charge is -2.04. The molecule has 0 amide bonds. The Morgan fingerprint density at radius 2 is 2.38 bits per heavy atom. The number of rotatable bonds is 5. The molecule has 0 aromatic carbocycles. The molecule has 0 fully saturated rings. The highest BCUT2D eigenvalue weighted by atomic mass is 35.5. The molecule has 0 aliphatic heterocycles. The average Bonchev–Trinajstić information content (AvgIpc) is 2.28. The molecule has 0 spiro atoms. The molecule has 0 aliphatic rings. The summed E-state index contributed by atoms with van der Waals surface area (Å²) in [6.45, 7) is 5.78. The third-order valence-electron chi connectivity index (χ3n) is 1.66. The quantitative estimate of drug-likeness (QED) is 0.462. The number of thioether (sulfide) groups is 1. The van der Waals surface area contributed by atoms with E-state index in [1.54, 1.807) is 25.3 Å². The number of halogens is 1. The van der Waals surface area contributed by atoms with Gasteiger partial charge in [-0.05, 0) is 19.1 Å². The predicted octanol–water partition coefficient (Wildman–Crippen LogP) is 2.95. The third kappa shape index (κ3) is 4.24. The van der Waals surface area contributed by atoms with Gasteiger partial charge < -0.3 is 4.74 Å². The lowest BCUT2D eigenvalue weighted by atomic mass is 10.4. The maximum atomic E-state index is 11.2. The normalized spacial score (nSPS) is 9.88. The molecular weight excluding hydrogens is 246 g/mol. The monoisotopic (exact) mass is 257 g/mol. The second-order valence-corrected chi connectivity index (χ2v) is 4.36. The van der Waals surface area contributed by atoms with E-state index in [0.717, 1.165) is 5.03 Å². The van der Waals surface area contributed by atoms with Crippen LogP contribution < -0.4 is 0 Å². The van der Waals surface area contributed by atoms with E-state index in [-0.39, 0.29) is 5.97 Å². The van der Waals surface area contributed by atoms with Crippen LogP contribution in [-0.2, 0) is 9.53 Å². The Kier molecular flexibility index (Phi) is 5.35. The van der Waals surface area contributed by atoms with Crippen molar-refractivity contribution in [3.8, 4) is 0 Å². The van der Waals surface area contributed by atoms with Gasteiger partial charge in [0.15, 0.2) is 0 Å². The number of esters is 1. The molecule has 0 saturated heterocycles. The summed E-state index contributed by atoms with van der Waals surface area (Å²) in [5.41, 5.74) is 0.434. The molecule has 0 saturated carbocycles. The molecule has 86 valence electrons. The Morgan fingerprint density at radius 1 is 1.62 bits per heavy atom. The van der Waals surface area contributed by atoms with Gasteiger partial charge in [0, 0.05) is 17.5 Å². The van der Waals surface area contributed by atoms with Crippen molar-refractivity contribution in [3.05, 3.63) is 35.5 Å². The highest BCUT2D eigenvalue weighted by Gasteiger charge is 2.08. The summed E-state index contributed by atoms with van der Waals surface area (Å²) in [6, 6.07) is 3.55. The van der Waals surface area contributed by atoms with Gasteiger partial charge in [0.05, 0.1) is 16.7 Å². The number of carbonyl (C=O) groups excluding carboxylic acids is 1. The molecule has 1 heterocycles. The molecule has 0 atom stereocenters. The maximum Gasteiger partial charge on any atom is 0.334 e. The molecule has 16 heavy (non-hydrogen) atoms. The zero-order valence-corrected chi connectivity index (χ0v) is 10.5. The van der Waals surface area contributed by atoms with Crippen molar-refractivity contribution in [2.45, 2.75) is 11.9 Å². The summed E-state index contributed by atoms with van der Waals surface area (Å²) < 4.78 is 4.82. The van der Waals surface area contributed by atoms with E-state index in [0.29, 0.717) is 23.0 Å². The topological polar surface area (TPSA) is 39.2 Å². The van der Waals surface area contributed by atoms with Crippen LogP contribution in [-0.4, -0.2) is 23.3 Å². The number of nitrogens with zero attached hydrogens (tertiary/aromatic N) is 1. The van der Waals surface area contributed by atoms with Gasteiger partial charge in [-0.3, -0.25) is 0 Å². The van der Waals surface area contributed by atoms with Crippen molar-refractivity contribution in [2.24, 2.45) is 0 Å². The second-order valence-electron chi connectivity index (χ2n) is 2.93. The van der Waals surface area contributed by atoms with E-state index in [1.807, 2.05) is 0 Å². The molecule has 0 unspecified atom stereocenters. The van der Waals surface area contributed by atoms with Crippen molar-refractivity contribution < 1.29 is 9.53 Å². The molecule has 0 aliphatic carbocycles. The van der Waals surface area contributed by atoms with Gasteiger partial charge in [0.1, 0.15) is 0 Å². The van der Waals surface area contributed by atoms with E-state index in [1.165, 1.54) is 11.8 Å². The summed E-state index contributed by atoms with van der Waals surface area (Å²) in [7, 11) is 0. The van der Waals surface area contributed by atoms with E-state index in [9.17, 15) is 4.79 Å². The zero-order chi connectivity index (χ0) is 12.0. The van der Waals surface area contributed by atoms with Gasteiger partial charge in [-0.15, -0.1) is 11.8 Å². The molecule has 0 bridgehead atoms. The molecule has 1 rings (SSSR count). The van der Waals surface area contributed by atoms with Crippen molar-refractivity contribution in [1.82, 2.24) is 4.98 Å². The molecular formula is C11H12ClNO2S. The van der Waals surface area contributed by atoms with Gasteiger partial charge in [-0.2, -0.15) is 0 Å². The van der Waals surface area contributed by atoms with Crippen LogP contribution in [0.5, 0.6) is 0 Å². The predicted molar refractivity (Wildman–Crippen MR) is 65.7 cm³/mol. The third-order valence-corrected chi connectivity index (χ3v) is 2.91. The van der Waals surface area contributed by atoms with Crippen LogP contribution in [0.1, 0.15) is 6.92 Å². The van der Waals surface area contributed by atoms with E-state index in [2.05, 4.69) is 11.6 Å². The minimum atomic E-state index is -0.357. The van der Waals surface area contributed by atoms with Gasteiger partial charge in [0.25, 0.3) is 0 Å². The second kappa shape index (κ2) is 6.55. The summed E-state index contributed by atoms with van der Waals surface area (Å²) in [4.78, 5) is 15.3. The Hall–Kier alpha value is -1.00. The van der Waals surface area contributed by atoms with Crippen LogP contribution >= 0.6 is 23.4 Å². The van der Waals surface area contributed by atoms with E-state index >= 15 is 0 Å². The van der Waals surface area contributed by atoms with Crippen molar-refractivity contribution in [3.63, 3.8) is 0 Å². The van der Waals surface area contributed by atoms with Gasteiger partial charge in [-0.25, -0.2) is 9.78 Å². The van der Waals surface area contributed by atoms with E-state index < -0.39 is 0 Å². The first kappa shape index (κ1) is 13.1. The van der Waals surface area contributed by atoms with Crippen LogP contribution in [0.4, 0.5) is 0 Å². The van der Waals surface area contributed by atoms with Crippen LogP contribution in [0.25, 0.3) is 0 Å². The Balaban J connectivity index is 2.42. The molecule has 0 N–H and O–H groups in total. The Morgan fingerprint density at radius 3 is 2.94 bits per heavy atom. The van der Waals surface area contributed by atoms with Crippen molar-refractivity contribution in [1.29, 1.82) is 0 Å². The zero-order valence-electron chi connectivity index (χ0n) is 8.90. The molecule has 0 radical (unpaired) electrons. The lowest BCUT2D eigenvalue weighted by Crippen LogP contribution is -2.08. The molecule has 1 aromatic heterocycles. The van der Waals surface area contributed by atoms with Crippen molar-refractivity contribution >= 4 is 29.3 Å². The summed E-state index contributed by atoms with van der Waals surface area (Å²) in [5.74, 6) is 0.108. The first-order chi connectivity index (χ1) is 7.63. The number of ether oxygens (including phenoxy) is 1. The number of aromatic nitrogens is 1. The standard InChI is InChI=1S/C11H12ClNO2S/c1-3-15-11(14)8(2)7-16-10-5-4-9(12)6-13-10/h4-6H,2-3,7H2,1H3. The van der Waals surface area contributed by atoms with E-state index in [4.69, 9.17) is 16.3 Å². The molecule has 3 nitrogen and oxygen atoms in total. The fourth-order valence-corrected chi connectivity index (χ4v) is 1.74.